The molecule has 0 aliphatic carbocycles. The summed E-state index contributed by atoms with van der Waals surface area (Å²) in [5.74, 6) is 0.353. The van der Waals surface area contributed by atoms with Crippen LogP contribution in [0.15, 0.2) is 24.3 Å². The van der Waals surface area contributed by atoms with Crippen LogP contribution in [-0.4, -0.2) is 38.3 Å². The Morgan fingerprint density at radius 2 is 2.37 bits per heavy atom. The molecule has 0 aromatic heterocycles. The number of rotatable bonds is 5. The standard InChI is InChI=1S/C15H23FN2O/c1-18(10-12-4-3-7-19-11-12)15(9-17)13-5-2-6-14(16)8-13/h2,5-6,8,12,15H,3-4,7,9-11,17H2,1H3. The molecule has 1 saturated heterocycles. The summed E-state index contributed by atoms with van der Waals surface area (Å²) in [7, 11) is 2.05. The Labute approximate surface area is 114 Å². The van der Waals surface area contributed by atoms with Crippen molar-refractivity contribution in [1.82, 2.24) is 4.90 Å². The molecule has 1 heterocycles. The monoisotopic (exact) mass is 266 g/mol. The summed E-state index contributed by atoms with van der Waals surface area (Å²) in [6, 6.07) is 6.79. The molecule has 19 heavy (non-hydrogen) atoms. The summed E-state index contributed by atoms with van der Waals surface area (Å²) >= 11 is 0. The Morgan fingerprint density at radius 1 is 1.53 bits per heavy atom. The number of hydrogen-bond acceptors (Lipinski definition) is 3. The highest BCUT2D eigenvalue weighted by molar-refractivity contribution is 5.20. The Kier molecular flexibility index (Phi) is 5.31. The molecule has 3 nitrogen and oxygen atoms in total. The largest absolute Gasteiger partial charge is 0.381 e. The molecular weight excluding hydrogens is 243 g/mol. The Hall–Kier alpha value is -0.970. The number of halogens is 1. The van der Waals surface area contributed by atoms with Crippen molar-refractivity contribution in [2.24, 2.45) is 11.7 Å². The van der Waals surface area contributed by atoms with E-state index in [1.165, 1.54) is 12.5 Å². The van der Waals surface area contributed by atoms with E-state index in [-0.39, 0.29) is 11.9 Å². The third kappa shape index (κ3) is 4.00. The molecule has 1 aliphatic heterocycles. The molecule has 0 radical (unpaired) electrons. The zero-order chi connectivity index (χ0) is 13.7. The van der Waals surface area contributed by atoms with Gasteiger partial charge in [0.25, 0.3) is 0 Å². The van der Waals surface area contributed by atoms with Crippen LogP contribution >= 0.6 is 0 Å². The minimum Gasteiger partial charge on any atom is -0.381 e. The molecule has 1 fully saturated rings. The average molecular weight is 266 g/mol. The number of hydrogen-bond donors (Lipinski definition) is 1. The number of benzene rings is 1. The van der Waals surface area contributed by atoms with E-state index in [0.717, 1.165) is 31.7 Å². The fourth-order valence-electron chi connectivity index (χ4n) is 2.77. The SMILES string of the molecule is CN(CC1CCCOC1)C(CN)c1cccc(F)c1. The van der Waals surface area contributed by atoms with Crippen LogP contribution < -0.4 is 5.73 Å². The first-order valence-electron chi connectivity index (χ1n) is 6.94. The van der Waals surface area contributed by atoms with Crippen LogP contribution in [0.5, 0.6) is 0 Å². The van der Waals surface area contributed by atoms with Crippen LogP contribution in [0, 0.1) is 11.7 Å². The lowest BCUT2D eigenvalue weighted by molar-refractivity contribution is 0.0365. The highest BCUT2D eigenvalue weighted by Gasteiger charge is 2.21. The topological polar surface area (TPSA) is 38.5 Å². The van der Waals surface area contributed by atoms with Gasteiger partial charge in [0.2, 0.25) is 0 Å². The zero-order valence-corrected chi connectivity index (χ0v) is 11.5. The fraction of sp³-hybridized carbons (Fsp3) is 0.600. The van der Waals surface area contributed by atoms with Crippen molar-refractivity contribution in [3.8, 4) is 0 Å². The first-order valence-corrected chi connectivity index (χ1v) is 6.94. The van der Waals surface area contributed by atoms with Crippen LogP contribution in [0.1, 0.15) is 24.4 Å². The van der Waals surface area contributed by atoms with Crippen LogP contribution in [-0.2, 0) is 4.74 Å². The van der Waals surface area contributed by atoms with Gasteiger partial charge < -0.3 is 10.5 Å². The molecule has 1 aromatic carbocycles. The van der Waals surface area contributed by atoms with Crippen molar-refractivity contribution in [2.45, 2.75) is 18.9 Å². The van der Waals surface area contributed by atoms with Gasteiger partial charge in [-0.3, -0.25) is 4.90 Å². The molecule has 4 heteroatoms. The minimum atomic E-state index is -0.203. The van der Waals surface area contributed by atoms with E-state index in [9.17, 15) is 4.39 Å². The molecule has 0 bridgehead atoms. The maximum absolute atomic E-state index is 13.3. The van der Waals surface area contributed by atoms with Gasteiger partial charge in [-0.2, -0.15) is 0 Å². The van der Waals surface area contributed by atoms with Crippen molar-refractivity contribution in [3.05, 3.63) is 35.6 Å². The number of ether oxygens (including phenoxy) is 1. The van der Waals surface area contributed by atoms with E-state index in [4.69, 9.17) is 10.5 Å². The van der Waals surface area contributed by atoms with Crippen molar-refractivity contribution in [2.75, 3.05) is 33.4 Å². The second-order valence-electron chi connectivity index (χ2n) is 5.33. The van der Waals surface area contributed by atoms with Gasteiger partial charge in [0.05, 0.1) is 6.61 Å². The van der Waals surface area contributed by atoms with Gasteiger partial charge in [-0.25, -0.2) is 4.39 Å². The smallest absolute Gasteiger partial charge is 0.123 e. The second kappa shape index (κ2) is 6.98. The lowest BCUT2D eigenvalue weighted by Gasteiger charge is -2.32. The quantitative estimate of drug-likeness (QED) is 0.888. The van der Waals surface area contributed by atoms with Crippen LogP contribution in [0.25, 0.3) is 0 Å². The Balaban J connectivity index is 1.99. The minimum absolute atomic E-state index is 0.0672. The summed E-state index contributed by atoms with van der Waals surface area (Å²) in [5, 5.41) is 0. The Bertz CT molecular complexity index is 393. The van der Waals surface area contributed by atoms with Gasteiger partial charge in [-0.1, -0.05) is 12.1 Å². The maximum Gasteiger partial charge on any atom is 0.123 e. The summed E-state index contributed by atoms with van der Waals surface area (Å²) in [5.41, 5.74) is 6.81. The molecule has 1 aromatic rings. The summed E-state index contributed by atoms with van der Waals surface area (Å²) in [4.78, 5) is 2.22. The van der Waals surface area contributed by atoms with Gasteiger partial charge in [0.15, 0.2) is 0 Å². The molecule has 0 spiro atoms. The van der Waals surface area contributed by atoms with Crippen molar-refractivity contribution in [1.29, 1.82) is 0 Å². The molecule has 1 aliphatic rings. The molecule has 2 rings (SSSR count). The van der Waals surface area contributed by atoms with Crippen LogP contribution in [0.2, 0.25) is 0 Å². The third-order valence-electron chi connectivity index (χ3n) is 3.79. The van der Waals surface area contributed by atoms with E-state index in [1.54, 1.807) is 12.1 Å². The summed E-state index contributed by atoms with van der Waals surface area (Å²) < 4.78 is 18.8. The second-order valence-corrected chi connectivity index (χ2v) is 5.33. The van der Waals surface area contributed by atoms with Gasteiger partial charge in [0.1, 0.15) is 5.82 Å². The normalized spacial score (nSPS) is 21.6. The van der Waals surface area contributed by atoms with Crippen molar-refractivity contribution in [3.63, 3.8) is 0 Å². The van der Waals surface area contributed by atoms with Crippen LogP contribution in [0.3, 0.4) is 0 Å². The third-order valence-corrected chi connectivity index (χ3v) is 3.79. The van der Waals surface area contributed by atoms with E-state index in [2.05, 4.69) is 11.9 Å². The van der Waals surface area contributed by atoms with E-state index >= 15 is 0 Å². The zero-order valence-electron chi connectivity index (χ0n) is 11.5. The molecule has 2 N–H and O–H groups in total. The molecule has 0 saturated carbocycles. The number of likely N-dealkylation sites (N-methyl/N-ethyl adjacent to an activating group) is 1. The predicted octanol–water partition coefficient (Wildman–Crippen LogP) is 2.18. The fourth-order valence-corrected chi connectivity index (χ4v) is 2.77. The molecule has 0 amide bonds. The van der Waals surface area contributed by atoms with Gasteiger partial charge in [-0.05, 0) is 43.5 Å². The molecule has 2 atom stereocenters. The lowest BCUT2D eigenvalue weighted by atomic mass is 9.99. The van der Waals surface area contributed by atoms with Crippen LogP contribution in [0.4, 0.5) is 4.39 Å². The van der Waals surface area contributed by atoms with Gasteiger partial charge in [-0.15, -0.1) is 0 Å². The predicted molar refractivity (Wildman–Crippen MR) is 74.4 cm³/mol. The highest BCUT2D eigenvalue weighted by atomic mass is 19.1. The maximum atomic E-state index is 13.3. The molecule has 106 valence electrons. The van der Waals surface area contributed by atoms with E-state index in [0.29, 0.717) is 12.5 Å². The average Bonchev–Trinajstić information content (AvgIpc) is 2.41. The summed E-state index contributed by atoms with van der Waals surface area (Å²) in [6.45, 7) is 3.14. The van der Waals surface area contributed by atoms with E-state index in [1.807, 2.05) is 6.07 Å². The molecule has 2 unspecified atom stereocenters. The molecular formula is C15H23FN2O. The van der Waals surface area contributed by atoms with Crippen molar-refractivity contribution >= 4 is 0 Å². The number of nitrogens with two attached hydrogens (primary N) is 1. The lowest BCUT2D eigenvalue weighted by Crippen LogP contribution is -2.36. The Morgan fingerprint density at radius 3 is 3.00 bits per heavy atom. The number of nitrogens with zero attached hydrogens (tertiary/aromatic N) is 1. The van der Waals surface area contributed by atoms with E-state index < -0.39 is 0 Å². The first-order chi connectivity index (χ1) is 9.20. The van der Waals surface area contributed by atoms with Crippen molar-refractivity contribution < 1.29 is 9.13 Å². The highest BCUT2D eigenvalue weighted by Crippen LogP contribution is 2.22. The van der Waals surface area contributed by atoms with Gasteiger partial charge >= 0.3 is 0 Å². The first kappa shape index (κ1) is 14.4. The van der Waals surface area contributed by atoms with Gasteiger partial charge in [0, 0.05) is 25.7 Å². The summed E-state index contributed by atoms with van der Waals surface area (Å²) in [6.07, 6.45) is 2.33.